The highest BCUT2D eigenvalue weighted by Gasteiger charge is 2.28. The summed E-state index contributed by atoms with van der Waals surface area (Å²) in [6.07, 6.45) is 1.80. The van der Waals surface area contributed by atoms with E-state index in [0.717, 1.165) is 39.3 Å². The van der Waals surface area contributed by atoms with Gasteiger partial charge in [0.15, 0.2) is 0 Å². The summed E-state index contributed by atoms with van der Waals surface area (Å²) in [6, 6.07) is 32.7. The van der Waals surface area contributed by atoms with Crippen LogP contribution in [0.2, 0.25) is 0 Å². The van der Waals surface area contributed by atoms with Crippen LogP contribution in [0.25, 0.3) is 33.9 Å². The van der Waals surface area contributed by atoms with Gasteiger partial charge in [-0.1, -0.05) is 78.9 Å². The first-order valence-corrected chi connectivity index (χ1v) is 12.9. The van der Waals surface area contributed by atoms with Crippen LogP contribution in [0.15, 0.2) is 103 Å². The van der Waals surface area contributed by atoms with Gasteiger partial charge in [0.05, 0.1) is 25.1 Å². The summed E-state index contributed by atoms with van der Waals surface area (Å²) in [7, 11) is -1.31. The lowest BCUT2D eigenvalue weighted by molar-refractivity contribution is 0.276. The van der Waals surface area contributed by atoms with Crippen LogP contribution in [0.1, 0.15) is 13.8 Å². The minimum absolute atomic E-state index is 0.553. The molecule has 0 bridgehead atoms. The van der Waals surface area contributed by atoms with Crippen LogP contribution in [0, 0.1) is 0 Å². The molecule has 176 valence electrons. The van der Waals surface area contributed by atoms with Crippen molar-refractivity contribution in [2.24, 2.45) is 0 Å². The smallest absolute Gasteiger partial charge is 0.225 e. The van der Waals surface area contributed by atoms with Gasteiger partial charge < -0.3 is 9.05 Å². The Hall–Kier alpha value is -3.57. The average molecular weight is 483 g/mol. The van der Waals surface area contributed by atoms with Crippen molar-refractivity contribution in [1.82, 2.24) is 19.6 Å². The third-order valence-corrected chi connectivity index (χ3v) is 7.17. The van der Waals surface area contributed by atoms with Gasteiger partial charge in [-0.05, 0) is 32.0 Å². The Bertz CT molecular complexity index is 1360. The first-order chi connectivity index (χ1) is 17.3. The molecule has 2 heterocycles. The lowest BCUT2D eigenvalue weighted by Gasteiger charge is -2.18. The van der Waals surface area contributed by atoms with Gasteiger partial charge in [-0.3, -0.25) is 0 Å². The minimum Gasteiger partial charge on any atom is -0.330 e. The summed E-state index contributed by atoms with van der Waals surface area (Å²) in [5.74, 6) is 0. The Morgan fingerprint density at radius 1 is 0.686 bits per heavy atom. The summed E-state index contributed by atoms with van der Waals surface area (Å²) < 4.78 is 16.0. The van der Waals surface area contributed by atoms with E-state index in [1.165, 1.54) is 0 Å². The standard InChI is InChI=1S/C28H27N4O2P/c1-3-33-35(34-4-2)25-20-21-29-32(25)28-26(22-14-8-5-9-15-22)30-31(24-18-12-7-13-19-24)27(28)23-16-10-6-11-17-23/h5-21H,3-4H2,1-2H3. The Balaban J connectivity index is 1.84. The number of aromatic nitrogens is 4. The van der Waals surface area contributed by atoms with Crippen LogP contribution in [-0.4, -0.2) is 32.8 Å². The largest absolute Gasteiger partial charge is 0.330 e. The molecule has 5 rings (SSSR count). The van der Waals surface area contributed by atoms with Crippen molar-refractivity contribution in [2.45, 2.75) is 13.8 Å². The summed E-state index contributed by atoms with van der Waals surface area (Å²) in [5.41, 5.74) is 6.57. The maximum atomic E-state index is 6.03. The van der Waals surface area contributed by atoms with Crippen LogP contribution < -0.4 is 5.44 Å². The molecule has 0 aliphatic heterocycles. The molecule has 5 aromatic rings. The lowest BCUT2D eigenvalue weighted by Crippen LogP contribution is -2.18. The molecular weight excluding hydrogens is 455 g/mol. The summed E-state index contributed by atoms with van der Waals surface area (Å²) >= 11 is 0. The Labute approximate surface area is 206 Å². The second kappa shape index (κ2) is 10.8. The van der Waals surface area contributed by atoms with Gasteiger partial charge in [0.1, 0.15) is 22.5 Å². The highest BCUT2D eigenvalue weighted by molar-refractivity contribution is 7.55. The quantitative estimate of drug-likeness (QED) is 0.228. The summed E-state index contributed by atoms with van der Waals surface area (Å²) in [4.78, 5) is 0. The highest BCUT2D eigenvalue weighted by Crippen LogP contribution is 2.41. The number of nitrogens with zero attached hydrogens (tertiary/aromatic N) is 4. The van der Waals surface area contributed by atoms with E-state index in [-0.39, 0.29) is 0 Å². The molecule has 0 fully saturated rings. The Kier molecular flexibility index (Phi) is 7.15. The zero-order chi connectivity index (χ0) is 24.0. The molecule has 0 saturated heterocycles. The maximum Gasteiger partial charge on any atom is 0.225 e. The second-order valence-corrected chi connectivity index (χ2v) is 9.21. The fraction of sp³-hybridized carbons (Fsp3) is 0.143. The van der Waals surface area contributed by atoms with E-state index < -0.39 is 8.38 Å². The topological polar surface area (TPSA) is 54.1 Å². The monoisotopic (exact) mass is 482 g/mol. The zero-order valence-electron chi connectivity index (χ0n) is 19.8. The van der Waals surface area contributed by atoms with Gasteiger partial charge in [-0.2, -0.15) is 10.2 Å². The number of hydrogen-bond donors (Lipinski definition) is 0. The molecule has 0 aliphatic rings. The van der Waals surface area contributed by atoms with Gasteiger partial charge in [0, 0.05) is 11.1 Å². The van der Waals surface area contributed by atoms with Crippen LogP contribution in [-0.2, 0) is 9.05 Å². The Morgan fingerprint density at radius 3 is 1.86 bits per heavy atom. The van der Waals surface area contributed by atoms with Gasteiger partial charge in [-0.15, -0.1) is 0 Å². The molecule has 7 heteroatoms. The number of para-hydroxylation sites is 1. The molecule has 0 saturated carbocycles. The molecule has 0 radical (unpaired) electrons. The van der Waals surface area contributed by atoms with Crippen molar-refractivity contribution in [1.29, 1.82) is 0 Å². The number of benzene rings is 3. The van der Waals surface area contributed by atoms with Gasteiger partial charge in [-0.25, -0.2) is 9.36 Å². The zero-order valence-corrected chi connectivity index (χ0v) is 20.7. The van der Waals surface area contributed by atoms with E-state index in [0.29, 0.717) is 13.2 Å². The van der Waals surface area contributed by atoms with E-state index in [4.69, 9.17) is 19.2 Å². The van der Waals surface area contributed by atoms with E-state index in [2.05, 4.69) is 36.4 Å². The SMILES string of the molecule is CCOP(OCC)c1ccnn1-c1c(-c2ccccc2)nn(-c2ccccc2)c1-c1ccccc1. The molecule has 0 amide bonds. The maximum absolute atomic E-state index is 6.03. The van der Waals surface area contributed by atoms with Crippen molar-refractivity contribution < 1.29 is 9.05 Å². The highest BCUT2D eigenvalue weighted by atomic mass is 31.2. The fourth-order valence-corrected chi connectivity index (χ4v) is 5.33. The molecule has 6 nitrogen and oxygen atoms in total. The van der Waals surface area contributed by atoms with Crippen molar-refractivity contribution in [3.8, 4) is 33.9 Å². The van der Waals surface area contributed by atoms with Crippen LogP contribution in [0.5, 0.6) is 0 Å². The normalized spacial score (nSPS) is 11.3. The molecule has 35 heavy (non-hydrogen) atoms. The molecule has 0 unspecified atom stereocenters. The predicted molar refractivity (Wildman–Crippen MR) is 141 cm³/mol. The van der Waals surface area contributed by atoms with Crippen LogP contribution in [0.4, 0.5) is 0 Å². The Morgan fingerprint density at radius 2 is 1.26 bits per heavy atom. The third kappa shape index (κ3) is 4.69. The predicted octanol–water partition coefficient (Wildman–Crippen LogP) is 6.40. The summed E-state index contributed by atoms with van der Waals surface area (Å²) in [5, 5.41) is 9.93. The van der Waals surface area contributed by atoms with Crippen molar-refractivity contribution in [2.75, 3.05) is 13.2 Å². The molecule has 0 N–H and O–H groups in total. The minimum atomic E-state index is -1.31. The van der Waals surface area contributed by atoms with Gasteiger partial charge >= 0.3 is 0 Å². The van der Waals surface area contributed by atoms with E-state index in [9.17, 15) is 0 Å². The van der Waals surface area contributed by atoms with Crippen LogP contribution >= 0.6 is 8.38 Å². The first-order valence-electron chi connectivity index (χ1n) is 11.7. The molecule has 3 aromatic carbocycles. The molecule has 2 aromatic heterocycles. The average Bonchev–Trinajstić information content (AvgIpc) is 3.55. The second-order valence-electron chi connectivity index (χ2n) is 7.72. The number of hydrogen-bond acceptors (Lipinski definition) is 4. The van der Waals surface area contributed by atoms with E-state index in [1.807, 2.05) is 83.9 Å². The molecule has 0 atom stereocenters. The fourth-order valence-electron chi connectivity index (χ4n) is 4.02. The molecule has 0 aliphatic carbocycles. The third-order valence-electron chi connectivity index (χ3n) is 5.47. The summed E-state index contributed by atoms with van der Waals surface area (Å²) in [6.45, 7) is 5.06. The van der Waals surface area contributed by atoms with E-state index >= 15 is 0 Å². The first kappa shape index (κ1) is 23.2. The van der Waals surface area contributed by atoms with Crippen molar-refractivity contribution in [3.05, 3.63) is 103 Å². The van der Waals surface area contributed by atoms with Crippen molar-refractivity contribution >= 4 is 13.8 Å². The van der Waals surface area contributed by atoms with Crippen LogP contribution in [0.3, 0.4) is 0 Å². The molecule has 0 spiro atoms. The van der Waals surface area contributed by atoms with Gasteiger partial charge in [0.2, 0.25) is 8.38 Å². The lowest BCUT2D eigenvalue weighted by atomic mass is 10.1. The molecular formula is C28H27N4O2P. The van der Waals surface area contributed by atoms with Gasteiger partial charge in [0.25, 0.3) is 0 Å². The van der Waals surface area contributed by atoms with Crippen molar-refractivity contribution in [3.63, 3.8) is 0 Å². The number of rotatable bonds is 9. The van der Waals surface area contributed by atoms with E-state index in [1.54, 1.807) is 6.20 Å².